The van der Waals surface area contributed by atoms with Gasteiger partial charge in [0, 0.05) is 12.1 Å². The Labute approximate surface area is 87.6 Å². The first kappa shape index (κ1) is 10.6. The molecule has 1 aromatic rings. The summed E-state index contributed by atoms with van der Waals surface area (Å²) in [7, 11) is 0. The van der Waals surface area contributed by atoms with Crippen molar-refractivity contribution in [2.45, 2.75) is 4.83 Å². The number of alkyl halides is 1. The zero-order chi connectivity index (χ0) is 10.7. The molecule has 0 radical (unpaired) electrons. The number of nitrogens with zero attached hydrogens (tertiary/aromatic N) is 1. The maximum absolute atomic E-state index is 10.6. The lowest BCUT2D eigenvalue weighted by Gasteiger charge is -2.03. The highest BCUT2D eigenvalue weighted by molar-refractivity contribution is 9.09. The van der Waals surface area contributed by atoms with E-state index in [1.165, 1.54) is 24.3 Å². The van der Waals surface area contributed by atoms with Gasteiger partial charge in [0.1, 0.15) is 4.83 Å². The summed E-state index contributed by atoms with van der Waals surface area (Å²) < 4.78 is 0. The molecule has 0 saturated carbocycles. The molecule has 1 atom stereocenters. The van der Waals surface area contributed by atoms with Crippen LogP contribution in [-0.2, 0) is 4.79 Å². The zero-order valence-corrected chi connectivity index (χ0v) is 8.47. The summed E-state index contributed by atoms with van der Waals surface area (Å²) in [6.45, 7) is 0. The Balaban J connectivity index is 3.05. The number of nitro benzene ring substituents is 1. The molecule has 5 nitrogen and oxygen atoms in total. The van der Waals surface area contributed by atoms with Crippen molar-refractivity contribution >= 4 is 27.6 Å². The summed E-state index contributed by atoms with van der Waals surface area (Å²) in [5.74, 6) is -1.08. The largest absolute Gasteiger partial charge is 0.480 e. The molecule has 74 valence electrons. The average Bonchev–Trinajstić information content (AvgIpc) is 2.16. The number of aliphatic carboxylic acids is 1. The van der Waals surface area contributed by atoms with Gasteiger partial charge in [-0.15, -0.1) is 0 Å². The molecular weight excluding hydrogens is 254 g/mol. The van der Waals surface area contributed by atoms with Gasteiger partial charge in [-0.1, -0.05) is 28.1 Å². The molecule has 1 N–H and O–H groups in total. The molecule has 0 aliphatic heterocycles. The third-order valence-electron chi connectivity index (χ3n) is 1.59. The summed E-state index contributed by atoms with van der Waals surface area (Å²) in [4.78, 5) is 19.5. The minimum Gasteiger partial charge on any atom is -0.480 e. The van der Waals surface area contributed by atoms with Gasteiger partial charge in [0.05, 0.1) is 4.92 Å². The minimum absolute atomic E-state index is 0.117. The number of nitro groups is 1. The molecule has 1 aromatic carbocycles. The van der Waals surface area contributed by atoms with Crippen LogP contribution >= 0.6 is 15.9 Å². The molecule has 0 aliphatic carbocycles. The van der Waals surface area contributed by atoms with E-state index in [-0.39, 0.29) is 5.69 Å². The van der Waals surface area contributed by atoms with Crippen molar-refractivity contribution in [2.24, 2.45) is 0 Å². The Kier molecular flexibility index (Phi) is 3.19. The first-order valence-electron chi connectivity index (χ1n) is 3.63. The van der Waals surface area contributed by atoms with Crippen molar-refractivity contribution in [1.29, 1.82) is 0 Å². The Hall–Kier alpha value is -1.43. The smallest absolute Gasteiger partial charge is 0.321 e. The Bertz CT molecular complexity index is 379. The molecular formula is C8H6BrNO4. The molecule has 0 unspecified atom stereocenters. The van der Waals surface area contributed by atoms with Gasteiger partial charge in [0.2, 0.25) is 0 Å². The SMILES string of the molecule is O=C(O)[C@H](Br)c1cccc([N+](=O)[O-])c1. The molecule has 0 fully saturated rings. The average molecular weight is 260 g/mol. The fraction of sp³-hybridized carbons (Fsp3) is 0.125. The highest BCUT2D eigenvalue weighted by atomic mass is 79.9. The van der Waals surface area contributed by atoms with Gasteiger partial charge < -0.3 is 5.11 Å². The van der Waals surface area contributed by atoms with Crippen LogP contribution in [0.1, 0.15) is 10.4 Å². The number of non-ortho nitro benzene ring substituents is 1. The fourth-order valence-corrected chi connectivity index (χ4v) is 1.22. The topological polar surface area (TPSA) is 80.4 Å². The number of carboxylic acids is 1. The second-order valence-corrected chi connectivity index (χ2v) is 3.47. The number of benzene rings is 1. The van der Waals surface area contributed by atoms with Gasteiger partial charge in [-0.3, -0.25) is 14.9 Å². The van der Waals surface area contributed by atoms with E-state index in [0.717, 1.165) is 0 Å². The molecule has 0 aromatic heterocycles. The molecule has 0 amide bonds. The molecule has 6 heteroatoms. The lowest BCUT2D eigenvalue weighted by atomic mass is 10.1. The van der Waals surface area contributed by atoms with Crippen LogP contribution in [0.5, 0.6) is 0 Å². The number of hydrogen-bond donors (Lipinski definition) is 1. The normalized spacial score (nSPS) is 12.1. The lowest BCUT2D eigenvalue weighted by Crippen LogP contribution is -2.04. The van der Waals surface area contributed by atoms with Crippen LogP contribution < -0.4 is 0 Å². The highest BCUT2D eigenvalue weighted by Gasteiger charge is 2.17. The van der Waals surface area contributed by atoms with E-state index in [1.807, 2.05) is 0 Å². The first-order valence-corrected chi connectivity index (χ1v) is 4.55. The molecule has 0 aliphatic rings. The fourth-order valence-electron chi connectivity index (χ4n) is 0.939. The third-order valence-corrected chi connectivity index (χ3v) is 2.51. The quantitative estimate of drug-likeness (QED) is 0.512. The van der Waals surface area contributed by atoms with Crippen LogP contribution in [0, 0.1) is 10.1 Å². The van der Waals surface area contributed by atoms with E-state index in [2.05, 4.69) is 15.9 Å². The van der Waals surface area contributed by atoms with E-state index in [9.17, 15) is 14.9 Å². The van der Waals surface area contributed by atoms with Gasteiger partial charge in [-0.25, -0.2) is 0 Å². The van der Waals surface area contributed by atoms with Crippen molar-refractivity contribution in [2.75, 3.05) is 0 Å². The van der Waals surface area contributed by atoms with E-state index >= 15 is 0 Å². The Morgan fingerprint density at radius 1 is 1.57 bits per heavy atom. The number of hydrogen-bond acceptors (Lipinski definition) is 3. The summed E-state index contributed by atoms with van der Waals surface area (Å²) >= 11 is 2.91. The van der Waals surface area contributed by atoms with Gasteiger partial charge in [0.25, 0.3) is 5.69 Å². The maximum Gasteiger partial charge on any atom is 0.321 e. The van der Waals surface area contributed by atoms with Crippen molar-refractivity contribution in [3.8, 4) is 0 Å². The Morgan fingerprint density at radius 3 is 2.71 bits per heavy atom. The second-order valence-electron chi connectivity index (χ2n) is 2.55. The van der Waals surface area contributed by atoms with Crippen LogP contribution in [0.4, 0.5) is 5.69 Å². The van der Waals surface area contributed by atoms with E-state index in [4.69, 9.17) is 5.11 Å². The van der Waals surface area contributed by atoms with Crippen molar-refractivity contribution < 1.29 is 14.8 Å². The third kappa shape index (κ3) is 2.29. The molecule has 0 bridgehead atoms. The second kappa shape index (κ2) is 4.19. The first-order chi connectivity index (χ1) is 6.52. The predicted molar refractivity (Wildman–Crippen MR) is 52.4 cm³/mol. The zero-order valence-electron chi connectivity index (χ0n) is 6.88. The van der Waals surface area contributed by atoms with Crippen molar-refractivity contribution in [3.63, 3.8) is 0 Å². The van der Waals surface area contributed by atoms with Crippen LogP contribution in [0.25, 0.3) is 0 Å². The summed E-state index contributed by atoms with van der Waals surface area (Å²) in [6.07, 6.45) is 0. The number of halogens is 1. The van der Waals surface area contributed by atoms with Crippen LogP contribution in [0.2, 0.25) is 0 Å². The molecule has 0 heterocycles. The number of carboxylic acid groups (broad SMARTS) is 1. The van der Waals surface area contributed by atoms with Gasteiger partial charge in [-0.05, 0) is 5.56 Å². The van der Waals surface area contributed by atoms with Gasteiger partial charge in [-0.2, -0.15) is 0 Å². The minimum atomic E-state index is -1.08. The van der Waals surface area contributed by atoms with E-state index in [0.29, 0.717) is 5.56 Å². The van der Waals surface area contributed by atoms with Crippen LogP contribution in [0.15, 0.2) is 24.3 Å². The van der Waals surface area contributed by atoms with E-state index in [1.54, 1.807) is 0 Å². The highest BCUT2D eigenvalue weighted by Crippen LogP contribution is 2.25. The number of rotatable bonds is 3. The number of carbonyl (C=O) groups is 1. The van der Waals surface area contributed by atoms with Crippen LogP contribution in [0.3, 0.4) is 0 Å². The summed E-state index contributed by atoms with van der Waals surface area (Å²) in [6, 6.07) is 5.50. The summed E-state index contributed by atoms with van der Waals surface area (Å²) in [5.41, 5.74) is 0.236. The molecule has 14 heavy (non-hydrogen) atoms. The summed E-state index contributed by atoms with van der Waals surface area (Å²) in [5, 5.41) is 19.0. The molecule has 1 rings (SSSR count). The van der Waals surface area contributed by atoms with Crippen LogP contribution in [-0.4, -0.2) is 16.0 Å². The van der Waals surface area contributed by atoms with Gasteiger partial charge >= 0.3 is 5.97 Å². The lowest BCUT2D eigenvalue weighted by molar-refractivity contribution is -0.384. The molecule has 0 spiro atoms. The standard InChI is InChI=1S/C8H6BrNO4/c9-7(8(11)12)5-2-1-3-6(4-5)10(13)14/h1-4,7H,(H,11,12)/t7-/m1/s1. The van der Waals surface area contributed by atoms with E-state index < -0.39 is 15.7 Å². The monoisotopic (exact) mass is 259 g/mol. The Morgan fingerprint density at radius 2 is 2.21 bits per heavy atom. The predicted octanol–water partition coefficient (Wildman–Crippen LogP) is 2.12. The maximum atomic E-state index is 10.6. The van der Waals surface area contributed by atoms with Gasteiger partial charge in [0.15, 0.2) is 0 Å². The van der Waals surface area contributed by atoms with Crippen molar-refractivity contribution in [3.05, 3.63) is 39.9 Å². The molecule has 0 saturated heterocycles. The van der Waals surface area contributed by atoms with Crippen molar-refractivity contribution in [1.82, 2.24) is 0 Å².